The summed E-state index contributed by atoms with van der Waals surface area (Å²) in [5.41, 5.74) is 12.0. The van der Waals surface area contributed by atoms with Gasteiger partial charge in [-0.1, -0.05) is 117 Å². The van der Waals surface area contributed by atoms with Gasteiger partial charge in [0.2, 0.25) is 0 Å². The lowest BCUT2D eigenvalue weighted by atomic mass is 9.30. The second-order valence-electron chi connectivity index (χ2n) is 28.7. The second kappa shape index (κ2) is 21.6. The van der Waals surface area contributed by atoms with E-state index < -0.39 is 11.5 Å². The summed E-state index contributed by atoms with van der Waals surface area (Å²) in [6, 6.07) is 30.8. The van der Waals surface area contributed by atoms with Crippen molar-refractivity contribution < 1.29 is 30.6 Å². The minimum atomic E-state index is -0.561. The molecule has 3 aliphatic heterocycles. The van der Waals surface area contributed by atoms with Gasteiger partial charge in [0.1, 0.15) is 5.75 Å². The third kappa shape index (κ3) is 8.46. The van der Waals surface area contributed by atoms with Gasteiger partial charge in [-0.25, -0.2) is 4.98 Å². The monoisotopic (exact) mass is 1180 g/mol. The third-order valence-electron chi connectivity index (χ3n) is 25.3. The van der Waals surface area contributed by atoms with Crippen LogP contribution in [0.3, 0.4) is 0 Å². The molecular weight excluding hydrogens is 1090 g/mol. The molecule has 16 rings (SSSR count). The second-order valence-corrected chi connectivity index (χ2v) is 28.7. The van der Waals surface area contributed by atoms with Crippen LogP contribution in [0, 0.1) is 45.8 Å². The van der Waals surface area contributed by atoms with Crippen LogP contribution in [0.2, 0.25) is 0 Å². The highest BCUT2D eigenvalue weighted by Crippen LogP contribution is 2.81. The molecule has 0 amide bonds. The molecule has 6 aliphatic carbocycles. The number of aliphatic hydroxyl groups excluding tert-OH is 1. The fourth-order valence-corrected chi connectivity index (χ4v) is 21.9. The maximum atomic E-state index is 13.4. The number of aromatic hydroxyl groups is 5. The van der Waals surface area contributed by atoms with Gasteiger partial charge in [0.15, 0.2) is 23.0 Å². The van der Waals surface area contributed by atoms with Crippen LogP contribution in [0.25, 0.3) is 22.9 Å². The number of hydrogen-bond acceptors (Lipinski definition) is 10. The molecule has 9 aliphatic rings. The van der Waals surface area contributed by atoms with Crippen molar-refractivity contribution in [1.82, 2.24) is 30.9 Å². The predicted octanol–water partition coefficient (Wildman–Crippen LogP) is 13.0. The minimum absolute atomic E-state index is 0.00654. The van der Waals surface area contributed by atoms with Crippen molar-refractivity contribution in [2.75, 3.05) is 13.1 Å². The molecule has 6 fully saturated rings. The van der Waals surface area contributed by atoms with Crippen LogP contribution in [0.5, 0.6) is 28.7 Å². The first-order valence-corrected chi connectivity index (χ1v) is 33.4. The van der Waals surface area contributed by atoms with Crippen molar-refractivity contribution in [3.8, 4) is 28.7 Å². The van der Waals surface area contributed by atoms with Crippen molar-refractivity contribution in [3.63, 3.8) is 0 Å². The molecule has 3 spiro atoms. The molecule has 7 aromatic rings. The Kier molecular flexibility index (Phi) is 13.8. The van der Waals surface area contributed by atoms with Gasteiger partial charge in [0.25, 0.3) is 0 Å². The van der Waals surface area contributed by atoms with Gasteiger partial charge in [-0.2, -0.15) is 0 Å². The van der Waals surface area contributed by atoms with E-state index in [9.17, 15) is 30.6 Å². The summed E-state index contributed by atoms with van der Waals surface area (Å²) in [6.45, 7) is 3.99. The van der Waals surface area contributed by atoms with Crippen molar-refractivity contribution >= 4 is 22.9 Å². The molecule has 12 nitrogen and oxygen atoms in total. The number of H-pyrrole nitrogens is 2. The first-order valence-electron chi connectivity index (χ1n) is 33.4. The smallest absolute Gasteiger partial charge is 0.169 e. The van der Waals surface area contributed by atoms with Gasteiger partial charge in [-0.15, -0.1) is 0 Å². The van der Waals surface area contributed by atoms with Crippen LogP contribution in [0.15, 0.2) is 134 Å². The summed E-state index contributed by atoms with van der Waals surface area (Å²) in [7, 11) is 0. The molecule has 5 heterocycles. The number of allylic oxidation sites excluding steroid dienone is 1. The number of aliphatic hydroxyl groups is 1. The number of imidazole rings is 1. The number of aromatic nitrogens is 3. The molecule has 0 radical (unpaired) electrons. The summed E-state index contributed by atoms with van der Waals surface area (Å²) in [5.74, 6) is 0.963. The zero-order valence-corrected chi connectivity index (χ0v) is 50.7. The number of nitrogens with zero attached hydrogens (tertiary/aromatic N) is 1. The molecule has 2 saturated heterocycles. The van der Waals surface area contributed by atoms with Gasteiger partial charge < -0.3 is 56.6 Å². The lowest BCUT2D eigenvalue weighted by Gasteiger charge is -2.75. The largest absolute Gasteiger partial charge is 0.507 e. The Morgan fingerprint density at radius 1 is 0.727 bits per heavy atom. The molecule has 15 atom stereocenters. The van der Waals surface area contributed by atoms with E-state index in [1.54, 1.807) is 18.2 Å². The molecule has 2 aromatic heterocycles. The van der Waals surface area contributed by atoms with Crippen LogP contribution in [-0.4, -0.2) is 82.9 Å². The fraction of sp³-hybridized carbons (Fsp3) is 0.461. The molecular formula is C76H86N6O6. The number of aryl methyl sites for hydroxylation is 3. The highest BCUT2D eigenvalue weighted by molar-refractivity contribution is 6.03. The lowest BCUT2D eigenvalue weighted by molar-refractivity contribution is -0.229. The number of rotatable bonds is 13. The Hall–Kier alpha value is -7.09. The number of nitrogens with one attached hydrogen (secondary N) is 5. The highest BCUT2D eigenvalue weighted by atomic mass is 16.3. The molecule has 5 aromatic carbocycles. The summed E-state index contributed by atoms with van der Waals surface area (Å²) < 4.78 is 0. The van der Waals surface area contributed by atoms with Gasteiger partial charge in [0, 0.05) is 71.6 Å². The number of aromatic amines is 2. The molecule has 4 saturated carbocycles. The summed E-state index contributed by atoms with van der Waals surface area (Å²) >= 11 is 0. The van der Waals surface area contributed by atoms with Gasteiger partial charge in [-0.05, 0) is 217 Å². The van der Waals surface area contributed by atoms with Crippen molar-refractivity contribution in [2.24, 2.45) is 45.8 Å². The van der Waals surface area contributed by atoms with Crippen LogP contribution < -0.4 is 16.0 Å². The Balaban J connectivity index is 0.805. The lowest BCUT2D eigenvalue weighted by Crippen LogP contribution is -2.79. The number of phenolic OH excluding ortho intramolecular Hbond substituents is 5. The molecule has 11 N–H and O–H groups in total. The predicted molar refractivity (Wildman–Crippen MR) is 345 cm³/mol. The molecule has 12 heteroatoms. The van der Waals surface area contributed by atoms with E-state index in [1.165, 1.54) is 115 Å². The van der Waals surface area contributed by atoms with E-state index in [2.05, 4.69) is 113 Å². The third-order valence-corrected chi connectivity index (χ3v) is 25.3. The number of hydrogen-bond donors (Lipinski definition) is 11. The maximum absolute atomic E-state index is 13.4. The van der Waals surface area contributed by atoms with E-state index >= 15 is 0 Å². The Bertz CT molecular complexity index is 3900. The Labute approximate surface area is 516 Å². The summed E-state index contributed by atoms with van der Waals surface area (Å²) in [5, 5.41) is 82.1. The normalized spacial score (nSPS) is 34.2. The van der Waals surface area contributed by atoms with E-state index in [1.807, 2.05) is 18.5 Å². The van der Waals surface area contributed by atoms with E-state index in [-0.39, 0.29) is 86.4 Å². The number of fused-ring (bicyclic) bond motifs is 6. The van der Waals surface area contributed by atoms with Crippen LogP contribution in [0.1, 0.15) is 152 Å². The van der Waals surface area contributed by atoms with E-state index in [0.717, 1.165) is 57.2 Å². The first-order chi connectivity index (χ1) is 42.9. The number of benzene rings is 5. The number of phenols is 5. The van der Waals surface area contributed by atoms with Crippen molar-refractivity contribution in [3.05, 3.63) is 189 Å². The van der Waals surface area contributed by atoms with Crippen LogP contribution in [0.4, 0.5) is 0 Å². The zero-order valence-electron chi connectivity index (χ0n) is 50.7. The highest BCUT2D eigenvalue weighted by Gasteiger charge is 2.81. The Morgan fingerprint density at radius 3 is 2.42 bits per heavy atom. The first kappa shape index (κ1) is 56.2. The number of piperidine rings is 2. The topological polar surface area (TPSA) is 202 Å². The van der Waals surface area contributed by atoms with E-state index in [4.69, 9.17) is 10.3 Å². The van der Waals surface area contributed by atoms with Crippen molar-refractivity contribution in [1.29, 1.82) is 0 Å². The van der Waals surface area contributed by atoms with E-state index in [0.29, 0.717) is 58.6 Å². The minimum Gasteiger partial charge on any atom is -0.507 e. The molecule has 2 bridgehead atoms. The molecule has 15 unspecified atom stereocenters. The van der Waals surface area contributed by atoms with Gasteiger partial charge in [0.05, 0.1) is 23.5 Å². The Morgan fingerprint density at radius 2 is 1.57 bits per heavy atom. The van der Waals surface area contributed by atoms with Crippen molar-refractivity contribution in [2.45, 2.75) is 158 Å². The van der Waals surface area contributed by atoms with Crippen LogP contribution >= 0.6 is 0 Å². The van der Waals surface area contributed by atoms with Gasteiger partial charge in [-0.3, -0.25) is 0 Å². The SMILES string of the molecule is CCc1c[nH]cc1CCNCC1=CC(c2ccccc2)C2CC3(CC1N2)CC(c1ccc(CCc2c(O)c(O)c4c(O)cccc4c2C=Cc2ccc(O)c(O)c2)cc1)NC1C3CC2CCC3CCc4[nH]cnc4C14C1C(O)C=CC5CCCC51CCC324. The standard InChI is InChI=1S/C76H86N6O6/c1-2-46-40-78-41-49(46)29-33-77-42-50-35-57(47-8-4-3-5-9-47)62-39-73(38-61(50)81-62)37-60(48-18-13-44(14-19-48)15-25-56-54(24-16-45-17-27-63(83)66(86)34-45)55-11-6-12-64(84)67(55)69(88)68(56)87)82-71-58(73)36-53-21-20-52-22-26-59-72(80-43-79-59)76(71)70-65(85)28-23-51-10-7-30-74(51,70)31-32-75(52,53)76/h3-6,8-9,11-14,16-19,23-24,27-28,34-35,40-41,43,51-53,57-58,60-62,65,70-71,77-78,81-88H,2,7,10,15,20-22,25-26,29-33,36-39,42H2,1H3,(H,79,80). The van der Waals surface area contributed by atoms with Gasteiger partial charge >= 0.3 is 0 Å². The zero-order chi connectivity index (χ0) is 59.7. The summed E-state index contributed by atoms with van der Waals surface area (Å²) in [4.78, 5) is 12.9. The maximum Gasteiger partial charge on any atom is 0.169 e. The average molecular weight is 1180 g/mol. The quantitative estimate of drug-likeness (QED) is 0.0228. The van der Waals surface area contributed by atoms with Crippen LogP contribution in [-0.2, 0) is 37.5 Å². The average Bonchev–Trinajstić information content (AvgIpc) is 1.26. The fourth-order valence-electron chi connectivity index (χ4n) is 21.9. The molecule has 88 heavy (non-hydrogen) atoms. The molecule has 456 valence electrons. The summed E-state index contributed by atoms with van der Waals surface area (Å²) in [6.07, 6.45) is 34.8.